The van der Waals surface area contributed by atoms with E-state index in [9.17, 15) is 21.0 Å². The second-order valence-electron chi connectivity index (χ2n) is 5.63. The van der Waals surface area contributed by atoms with E-state index in [-0.39, 0.29) is 23.0 Å². The zero-order valence-corrected chi connectivity index (χ0v) is 13.2. The number of hydrogen-bond acceptors (Lipinski definition) is 4. The number of nitrogens with zero attached hydrogens (tertiary/aromatic N) is 4. The molecule has 0 amide bonds. The minimum Gasteiger partial charge on any atom is -0.192 e. The number of allylic oxidation sites excluding steroid dienone is 4. The van der Waals surface area contributed by atoms with Gasteiger partial charge in [-0.2, -0.15) is 21.0 Å². The van der Waals surface area contributed by atoms with Gasteiger partial charge < -0.3 is 0 Å². The highest BCUT2D eigenvalue weighted by molar-refractivity contribution is 5.47. The SMILES string of the molecule is CCCC1CC(=C(C#N)C#N)C(CCC)CC1=C(C#N)C#N. The summed E-state index contributed by atoms with van der Waals surface area (Å²) < 4.78 is 0. The summed E-state index contributed by atoms with van der Waals surface area (Å²) in [4.78, 5) is 0. The minimum atomic E-state index is 0.0964. The Bertz CT molecular complexity index is 551. The second kappa shape index (κ2) is 8.67. The lowest BCUT2D eigenvalue weighted by molar-refractivity contribution is 0.398. The Morgan fingerprint density at radius 3 is 1.32 bits per heavy atom. The predicted octanol–water partition coefficient (Wildman–Crippen LogP) is 4.30. The maximum absolute atomic E-state index is 9.20. The largest absolute Gasteiger partial charge is 0.192 e. The van der Waals surface area contributed by atoms with E-state index in [1.54, 1.807) is 0 Å². The molecule has 4 nitrogen and oxygen atoms in total. The van der Waals surface area contributed by atoms with Gasteiger partial charge in [-0.15, -0.1) is 0 Å². The van der Waals surface area contributed by atoms with Gasteiger partial charge in [0.1, 0.15) is 35.4 Å². The van der Waals surface area contributed by atoms with Crippen LogP contribution in [-0.2, 0) is 0 Å². The van der Waals surface area contributed by atoms with Gasteiger partial charge >= 0.3 is 0 Å². The number of rotatable bonds is 4. The van der Waals surface area contributed by atoms with Gasteiger partial charge in [0.15, 0.2) is 0 Å². The summed E-state index contributed by atoms with van der Waals surface area (Å²) in [5, 5.41) is 36.8. The van der Waals surface area contributed by atoms with Crippen molar-refractivity contribution >= 4 is 0 Å². The molecule has 1 fully saturated rings. The number of nitriles is 4. The van der Waals surface area contributed by atoms with Gasteiger partial charge in [-0.3, -0.25) is 0 Å². The molecule has 22 heavy (non-hydrogen) atoms. The number of hydrogen-bond donors (Lipinski definition) is 0. The molecule has 0 N–H and O–H groups in total. The van der Waals surface area contributed by atoms with Crippen molar-refractivity contribution in [1.82, 2.24) is 0 Å². The molecule has 1 aliphatic carbocycles. The fourth-order valence-corrected chi connectivity index (χ4v) is 3.31. The molecule has 0 saturated heterocycles. The van der Waals surface area contributed by atoms with Crippen LogP contribution in [0.1, 0.15) is 52.4 Å². The van der Waals surface area contributed by atoms with Crippen LogP contribution in [0.4, 0.5) is 0 Å². The van der Waals surface area contributed by atoms with E-state index >= 15 is 0 Å². The first-order valence-electron chi connectivity index (χ1n) is 7.73. The zero-order valence-electron chi connectivity index (χ0n) is 13.2. The molecule has 0 spiro atoms. The lowest BCUT2D eigenvalue weighted by atomic mass is 9.69. The van der Waals surface area contributed by atoms with Crippen molar-refractivity contribution in [2.45, 2.75) is 52.4 Å². The average molecular weight is 292 g/mol. The molecular formula is C18H20N4. The molecule has 112 valence electrons. The minimum absolute atomic E-state index is 0.0964. The molecule has 0 aromatic heterocycles. The fraction of sp³-hybridized carbons (Fsp3) is 0.556. The summed E-state index contributed by atoms with van der Waals surface area (Å²) in [7, 11) is 0. The molecule has 4 heteroatoms. The molecule has 1 aliphatic rings. The van der Waals surface area contributed by atoms with E-state index in [0.717, 1.165) is 36.8 Å². The Morgan fingerprint density at radius 1 is 0.773 bits per heavy atom. The highest BCUT2D eigenvalue weighted by atomic mass is 14.4. The van der Waals surface area contributed by atoms with Gasteiger partial charge in [0.05, 0.1) is 0 Å². The van der Waals surface area contributed by atoms with Gasteiger partial charge in [-0.25, -0.2) is 0 Å². The van der Waals surface area contributed by atoms with Crippen LogP contribution in [0.25, 0.3) is 0 Å². The van der Waals surface area contributed by atoms with Crippen LogP contribution in [0.3, 0.4) is 0 Å². The van der Waals surface area contributed by atoms with Crippen LogP contribution < -0.4 is 0 Å². The molecule has 1 saturated carbocycles. The molecule has 0 aromatic rings. The third-order valence-electron chi connectivity index (χ3n) is 4.28. The molecule has 0 aliphatic heterocycles. The monoisotopic (exact) mass is 292 g/mol. The first-order valence-corrected chi connectivity index (χ1v) is 7.73. The highest BCUT2D eigenvalue weighted by Crippen LogP contribution is 2.43. The first-order chi connectivity index (χ1) is 10.7. The van der Waals surface area contributed by atoms with E-state index in [1.165, 1.54) is 0 Å². The van der Waals surface area contributed by atoms with Crippen molar-refractivity contribution in [3.63, 3.8) is 0 Å². The maximum atomic E-state index is 9.20. The summed E-state index contributed by atoms with van der Waals surface area (Å²) in [6, 6.07) is 8.07. The Labute approximate surface area is 132 Å². The third-order valence-corrected chi connectivity index (χ3v) is 4.28. The van der Waals surface area contributed by atoms with E-state index in [0.29, 0.717) is 12.8 Å². The summed E-state index contributed by atoms with van der Waals surface area (Å²) in [6.45, 7) is 4.13. The molecule has 0 aromatic carbocycles. The smallest absolute Gasteiger partial charge is 0.129 e. The van der Waals surface area contributed by atoms with Crippen molar-refractivity contribution in [2.75, 3.05) is 0 Å². The molecule has 1 rings (SSSR count). The van der Waals surface area contributed by atoms with E-state index in [1.807, 2.05) is 24.3 Å². The lowest BCUT2D eigenvalue weighted by Crippen LogP contribution is -2.22. The van der Waals surface area contributed by atoms with Crippen molar-refractivity contribution < 1.29 is 0 Å². The first kappa shape index (κ1) is 17.5. The molecule has 2 atom stereocenters. The quantitative estimate of drug-likeness (QED) is 0.721. The molecule has 2 unspecified atom stereocenters. The summed E-state index contributed by atoms with van der Waals surface area (Å²) in [6.07, 6.45) is 4.87. The van der Waals surface area contributed by atoms with Crippen molar-refractivity contribution in [1.29, 1.82) is 21.0 Å². The Hall–Kier alpha value is -2.56. The van der Waals surface area contributed by atoms with Gasteiger partial charge in [0, 0.05) is 0 Å². The zero-order chi connectivity index (χ0) is 16.5. The van der Waals surface area contributed by atoms with Crippen LogP contribution in [-0.4, -0.2) is 0 Å². The predicted molar refractivity (Wildman–Crippen MR) is 82.5 cm³/mol. The van der Waals surface area contributed by atoms with Gasteiger partial charge in [0.2, 0.25) is 0 Å². The second-order valence-corrected chi connectivity index (χ2v) is 5.63. The van der Waals surface area contributed by atoms with E-state index in [4.69, 9.17) is 0 Å². The van der Waals surface area contributed by atoms with E-state index < -0.39 is 0 Å². The van der Waals surface area contributed by atoms with Crippen LogP contribution in [0.15, 0.2) is 22.3 Å². The van der Waals surface area contributed by atoms with Gasteiger partial charge in [-0.1, -0.05) is 26.7 Å². The molecule has 0 bridgehead atoms. The van der Waals surface area contributed by atoms with Crippen molar-refractivity contribution in [3.05, 3.63) is 22.3 Å². The summed E-state index contributed by atoms with van der Waals surface area (Å²) in [5.74, 6) is 0.193. The topological polar surface area (TPSA) is 95.2 Å². The van der Waals surface area contributed by atoms with Crippen LogP contribution in [0.2, 0.25) is 0 Å². The fourth-order valence-electron chi connectivity index (χ4n) is 3.31. The Morgan fingerprint density at radius 2 is 1.09 bits per heavy atom. The molecule has 0 heterocycles. The van der Waals surface area contributed by atoms with Crippen molar-refractivity contribution in [2.24, 2.45) is 11.8 Å². The van der Waals surface area contributed by atoms with Gasteiger partial charge in [0.25, 0.3) is 0 Å². The van der Waals surface area contributed by atoms with Crippen LogP contribution in [0, 0.1) is 57.2 Å². The lowest BCUT2D eigenvalue weighted by Gasteiger charge is -2.34. The standard InChI is InChI=1S/C18H20N4/c1-3-5-13-7-18(16(11-21)12-22)14(6-4-2)8-17(13)15(9-19)10-20/h13-14H,3-8H2,1-2H3. The maximum Gasteiger partial charge on any atom is 0.129 e. The summed E-state index contributed by atoms with van der Waals surface area (Å²) in [5.41, 5.74) is 2.27. The van der Waals surface area contributed by atoms with Crippen molar-refractivity contribution in [3.8, 4) is 24.3 Å². The van der Waals surface area contributed by atoms with E-state index in [2.05, 4.69) is 13.8 Å². The Kier molecular flexibility index (Phi) is 6.89. The van der Waals surface area contributed by atoms with Crippen LogP contribution in [0.5, 0.6) is 0 Å². The molecule has 0 radical (unpaired) electrons. The Balaban J connectivity index is 3.38. The third kappa shape index (κ3) is 3.75. The van der Waals surface area contributed by atoms with Gasteiger partial charge in [-0.05, 0) is 48.7 Å². The normalized spacial score (nSPS) is 20.3. The highest BCUT2D eigenvalue weighted by Gasteiger charge is 2.32. The summed E-state index contributed by atoms with van der Waals surface area (Å²) >= 11 is 0. The van der Waals surface area contributed by atoms with Crippen LogP contribution >= 0.6 is 0 Å². The average Bonchev–Trinajstić information content (AvgIpc) is 2.53. The molecular weight excluding hydrogens is 272 g/mol.